The van der Waals surface area contributed by atoms with Gasteiger partial charge < -0.3 is 16.6 Å². The average molecular weight is 148 g/mol. The van der Waals surface area contributed by atoms with E-state index in [-0.39, 0.29) is 18.0 Å². The van der Waals surface area contributed by atoms with Crippen LogP contribution >= 0.6 is 0 Å². The molecule has 0 amide bonds. The monoisotopic (exact) mass is 148 g/mol. The van der Waals surface area contributed by atoms with Gasteiger partial charge in [0.25, 0.3) is 0 Å². The number of hydrogen-bond acceptors (Lipinski definition) is 4. The number of nitrogens with two attached hydrogens (primary N) is 1. The number of carbonyl (C=O) groups excluding carboxylic acids is 1. The van der Waals surface area contributed by atoms with Crippen LogP contribution in [-0.2, 0) is 9.53 Å². The number of ether oxygens (including phenoxy) is 1. The van der Waals surface area contributed by atoms with Crippen molar-refractivity contribution < 1.29 is 9.53 Å². The molecule has 4 nitrogen and oxygen atoms in total. The Morgan fingerprint density at radius 1 is 1.50 bits per heavy atom. The maximum atomic E-state index is 10.6. The van der Waals surface area contributed by atoms with E-state index in [9.17, 15) is 4.79 Å². The molecule has 62 valence electrons. The van der Waals surface area contributed by atoms with Gasteiger partial charge >= 0.3 is 5.97 Å². The van der Waals surface area contributed by atoms with E-state index in [1.165, 1.54) is 7.11 Å². The van der Waals surface area contributed by atoms with Crippen molar-refractivity contribution in [2.75, 3.05) is 7.11 Å². The first kappa shape index (κ1) is 12.1. The van der Waals surface area contributed by atoms with E-state index in [1.54, 1.807) is 0 Å². The fraction of sp³-hybridized carbons (Fsp3) is 0.833. The molecule has 5 N–H and O–H groups in total. The van der Waals surface area contributed by atoms with Crippen LogP contribution in [0.5, 0.6) is 0 Å². The first-order chi connectivity index (χ1) is 4.09. The summed E-state index contributed by atoms with van der Waals surface area (Å²) in [7, 11) is 1.34. The highest BCUT2D eigenvalue weighted by Gasteiger charge is 2.16. The van der Waals surface area contributed by atoms with Crippen molar-refractivity contribution in [2.24, 2.45) is 11.7 Å². The second-order valence-corrected chi connectivity index (χ2v) is 2.29. The number of rotatable bonds is 2. The molecule has 0 aliphatic heterocycles. The van der Waals surface area contributed by atoms with Crippen molar-refractivity contribution >= 4 is 5.97 Å². The predicted molar refractivity (Wildman–Crippen MR) is 39.9 cm³/mol. The molecule has 0 heterocycles. The molecule has 0 bridgehead atoms. The molecular weight excluding hydrogens is 132 g/mol. The molecular formula is C6H16N2O2. The number of hydrogen-bond donors (Lipinski definition) is 2. The molecule has 0 aliphatic rings. The zero-order valence-electron chi connectivity index (χ0n) is 6.76. The Hall–Kier alpha value is -0.610. The first-order valence-electron chi connectivity index (χ1n) is 2.93. The Labute approximate surface area is 61.3 Å². The second-order valence-electron chi connectivity index (χ2n) is 2.29. The Morgan fingerprint density at radius 3 is 2.00 bits per heavy atom. The predicted octanol–water partition coefficient (Wildman–Crippen LogP) is 0.305. The van der Waals surface area contributed by atoms with Crippen LogP contribution in [0.1, 0.15) is 13.8 Å². The molecule has 10 heavy (non-hydrogen) atoms. The minimum absolute atomic E-state index is 0. The van der Waals surface area contributed by atoms with Gasteiger partial charge in [-0.25, -0.2) is 0 Å². The lowest BCUT2D eigenvalue weighted by atomic mass is 10.1. The molecule has 0 aliphatic carbocycles. The lowest BCUT2D eigenvalue weighted by Crippen LogP contribution is -2.36. The summed E-state index contributed by atoms with van der Waals surface area (Å²) < 4.78 is 4.41. The summed E-state index contributed by atoms with van der Waals surface area (Å²) in [4.78, 5) is 10.6. The molecule has 0 aromatic rings. The van der Waals surface area contributed by atoms with Gasteiger partial charge in [0.2, 0.25) is 0 Å². The lowest BCUT2D eigenvalue weighted by molar-refractivity contribution is -0.143. The van der Waals surface area contributed by atoms with Gasteiger partial charge in [-0.2, -0.15) is 0 Å². The summed E-state index contributed by atoms with van der Waals surface area (Å²) in [6.07, 6.45) is 0. The molecule has 0 fully saturated rings. The zero-order valence-corrected chi connectivity index (χ0v) is 6.76. The number of carbonyl (C=O) groups is 1. The summed E-state index contributed by atoms with van der Waals surface area (Å²) in [5.41, 5.74) is 5.40. The Morgan fingerprint density at radius 2 is 1.90 bits per heavy atom. The molecule has 0 aromatic carbocycles. The van der Waals surface area contributed by atoms with Crippen molar-refractivity contribution in [3.8, 4) is 0 Å². The van der Waals surface area contributed by atoms with Crippen molar-refractivity contribution in [3.05, 3.63) is 0 Å². The van der Waals surface area contributed by atoms with Crippen LogP contribution in [0.4, 0.5) is 0 Å². The van der Waals surface area contributed by atoms with Gasteiger partial charge in [0, 0.05) is 0 Å². The van der Waals surface area contributed by atoms with E-state index in [0.29, 0.717) is 0 Å². The largest absolute Gasteiger partial charge is 0.468 e. The minimum atomic E-state index is -0.477. The molecule has 1 atom stereocenters. The highest BCUT2D eigenvalue weighted by Crippen LogP contribution is 1.98. The second kappa shape index (κ2) is 5.20. The maximum Gasteiger partial charge on any atom is 0.322 e. The minimum Gasteiger partial charge on any atom is -0.468 e. The fourth-order valence-corrected chi connectivity index (χ4v) is 0.408. The Bertz CT molecular complexity index is 104. The summed E-state index contributed by atoms with van der Waals surface area (Å²) >= 11 is 0. The van der Waals surface area contributed by atoms with Gasteiger partial charge in [0.15, 0.2) is 0 Å². The quantitative estimate of drug-likeness (QED) is 0.551. The molecule has 0 spiro atoms. The van der Waals surface area contributed by atoms with Crippen LogP contribution in [0.15, 0.2) is 0 Å². The zero-order chi connectivity index (χ0) is 7.44. The molecule has 1 unspecified atom stereocenters. The smallest absolute Gasteiger partial charge is 0.322 e. The van der Waals surface area contributed by atoms with Gasteiger partial charge in [0.05, 0.1) is 7.11 Å². The van der Waals surface area contributed by atoms with Crippen molar-refractivity contribution in [2.45, 2.75) is 19.9 Å². The van der Waals surface area contributed by atoms with Gasteiger partial charge in [0.1, 0.15) is 6.04 Å². The first-order valence-corrected chi connectivity index (χ1v) is 2.93. The van der Waals surface area contributed by atoms with Crippen molar-refractivity contribution in [1.82, 2.24) is 6.15 Å². The third-order valence-corrected chi connectivity index (χ3v) is 1.19. The molecule has 0 radical (unpaired) electrons. The molecule has 0 saturated carbocycles. The summed E-state index contributed by atoms with van der Waals surface area (Å²) in [5.74, 6) is -0.192. The normalized spacial score (nSPS) is 12.1. The van der Waals surface area contributed by atoms with Crippen LogP contribution in [0, 0.1) is 5.92 Å². The standard InChI is InChI=1S/C6H13NO2.H3N/c1-4(2)5(7)6(8)9-3;/h4-5H,7H2,1-3H3;1H3. The van der Waals surface area contributed by atoms with Gasteiger partial charge in [-0.05, 0) is 5.92 Å². The van der Waals surface area contributed by atoms with E-state index < -0.39 is 6.04 Å². The Balaban J connectivity index is 0. The van der Waals surface area contributed by atoms with Crippen LogP contribution in [0.25, 0.3) is 0 Å². The average Bonchev–Trinajstić information content (AvgIpc) is 1.84. The van der Waals surface area contributed by atoms with Gasteiger partial charge in [-0.1, -0.05) is 13.8 Å². The highest BCUT2D eigenvalue weighted by atomic mass is 16.5. The van der Waals surface area contributed by atoms with Gasteiger partial charge in [-0.15, -0.1) is 0 Å². The SMILES string of the molecule is COC(=O)C(N)C(C)C.N. The third-order valence-electron chi connectivity index (χ3n) is 1.19. The van der Waals surface area contributed by atoms with Crippen LogP contribution in [0.3, 0.4) is 0 Å². The van der Waals surface area contributed by atoms with E-state index >= 15 is 0 Å². The van der Waals surface area contributed by atoms with Gasteiger partial charge in [-0.3, -0.25) is 4.79 Å². The van der Waals surface area contributed by atoms with E-state index in [2.05, 4.69) is 4.74 Å². The maximum absolute atomic E-state index is 10.6. The van der Waals surface area contributed by atoms with Crippen molar-refractivity contribution in [3.63, 3.8) is 0 Å². The number of methoxy groups -OCH3 is 1. The van der Waals surface area contributed by atoms with E-state index in [1.807, 2.05) is 13.8 Å². The van der Waals surface area contributed by atoms with E-state index in [0.717, 1.165) is 0 Å². The molecule has 4 heteroatoms. The Kier molecular flexibility index (Phi) is 6.29. The van der Waals surface area contributed by atoms with E-state index in [4.69, 9.17) is 5.73 Å². The topological polar surface area (TPSA) is 87.3 Å². The fourth-order valence-electron chi connectivity index (χ4n) is 0.408. The summed E-state index contributed by atoms with van der Waals surface area (Å²) in [6.45, 7) is 3.75. The summed E-state index contributed by atoms with van der Waals surface area (Å²) in [5, 5.41) is 0. The lowest BCUT2D eigenvalue weighted by Gasteiger charge is -2.11. The number of esters is 1. The van der Waals surface area contributed by atoms with Crippen LogP contribution in [-0.4, -0.2) is 19.1 Å². The van der Waals surface area contributed by atoms with Crippen LogP contribution < -0.4 is 11.9 Å². The third kappa shape index (κ3) is 3.42. The van der Waals surface area contributed by atoms with Crippen LogP contribution in [0.2, 0.25) is 0 Å². The van der Waals surface area contributed by atoms with Crippen molar-refractivity contribution in [1.29, 1.82) is 0 Å². The molecule has 0 aromatic heterocycles. The molecule has 0 saturated heterocycles. The summed E-state index contributed by atoms with van der Waals surface area (Å²) in [6, 6.07) is -0.477. The molecule has 0 rings (SSSR count). The highest BCUT2D eigenvalue weighted by molar-refractivity contribution is 5.75.